The van der Waals surface area contributed by atoms with Crippen molar-refractivity contribution in [2.75, 3.05) is 0 Å². The van der Waals surface area contributed by atoms with Gasteiger partial charge in [-0.15, -0.1) is 0 Å². The topological polar surface area (TPSA) is 108 Å². The lowest BCUT2D eigenvalue weighted by Crippen LogP contribution is -2.33. The number of carbonyl (C=O) groups excluding carboxylic acids is 3. The van der Waals surface area contributed by atoms with Gasteiger partial charge in [-0.25, -0.2) is 14.4 Å². The lowest BCUT2D eigenvalue weighted by atomic mass is 9.93. The first-order valence-electron chi connectivity index (χ1n) is 13.8. The Morgan fingerprint density at radius 3 is 1.58 bits per heavy atom. The molecular weight excluding hydrogens is 548 g/mol. The molecule has 0 spiro atoms. The van der Waals surface area contributed by atoms with E-state index in [4.69, 9.17) is 24.1 Å². The SMILES string of the molecule is C=CC(=O)OC(C)(C)CCC(C)(C)OC(=O)C=C.C=Cc1ccc(OC(=O)OC(C)(C)Cc2ccc(C=CO)cc2)cc1. The highest BCUT2D eigenvalue weighted by atomic mass is 16.7. The minimum atomic E-state index is -0.740. The first-order valence-corrected chi connectivity index (χ1v) is 13.8. The van der Waals surface area contributed by atoms with Crippen LogP contribution in [0.25, 0.3) is 12.2 Å². The highest BCUT2D eigenvalue weighted by Crippen LogP contribution is 2.25. The summed E-state index contributed by atoms with van der Waals surface area (Å²) in [4.78, 5) is 34.3. The van der Waals surface area contributed by atoms with Crippen LogP contribution in [0.4, 0.5) is 4.79 Å². The molecule has 2 aromatic carbocycles. The zero-order valence-electron chi connectivity index (χ0n) is 26.1. The van der Waals surface area contributed by atoms with Crippen molar-refractivity contribution in [1.82, 2.24) is 0 Å². The van der Waals surface area contributed by atoms with Crippen LogP contribution in [0.1, 0.15) is 71.1 Å². The fraction of sp³-hybridized carbons (Fsp3) is 0.343. The summed E-state index contributed by atoms with van der Waals surface area (Å²) in [5.41, 5.74) is 0.898. The zero-order chi connectivity index (χ0) is 32.7. The molecule has 2 rings (SSSR count). The molecule has 8 heteroatoms. The third kappa shape index (κ3) is 15.3. The molecule has 0 heterocycles. The highest BCUT2D eigenvalue weighted by Gasteiger charge is 2.29. The summed E-state index contributed by atoms with van der Waals surface area (Å²) in [5, 5.41) is 8.77. The molecule has 0 aromatic heterocycles. The second-order valence-electron chi connectivity index (χ2n) is 11.5. The number of aliphatic hydroxyl groups excluding tert-OH is 1. The normalized spacial score (nSPS) is 11.4. The van der Waals surface area contributed by atoms with E-state index in [0.29, 0.717) is 25.0 Å². The summed E-state index contributed by atoms with van der Waals surface area (Å²) in [7, 11) is 0. The quantitative estimate of drug-likeness (QED) is 0.0816. The van der Waals surface area contributed by atoms with E-state index in [1.54, 1.807) is 52.0 Å². The van der Waals surface area contributed by atoms with E-state index in [0.717, 1.165) is 35.1 Å². The van der Waals surface area contributed by atoms with E-state index >= 15 is 0 Å². The third-order valence-corrected chi connectivity index (χ3v) is 5.97. The average molecular weight is 593 g/mol. The number of aliphatic hydroxyl groups is 1. The Balaban J connectivity index is 0.000000457. The molecular formula is C35H44O8. The number of esters is 2. The molecule has 232 valence electrons. The molecule has 0 radical (unpaired) electrons. The first kappa shape index (κ1) is 36.4. The maximum atomic E-state index is 12.0. The molecule has 0 fully saturated rings. The Morgan fingerprint density at radius 1 is 0.698 bits per heavy atom. The fourth-order valence-electron chi connectivity index (χ4n) is 3.71. The fourth-order valence-corrected chi connectivity index (χ4v) is 3.71. The van der Waals surface area contributed by atoms with E-state index < -0.39 is 34.9 Å². The summed E-state index contributed by atoms with van der Waals surface area (Å²) in [5.74, 6) is -0.492. The van der Waals surface area contributed by atoms with E-state index in [1.807, 2.05) is 50.2 Å². The van der Waals surface area contributed by atoms with Crippen LogP contribution in [0.3, 0.4) is 0 Å². The van der Waals surface area contributed by atoms with Gasteiger partial charge in [0.25, 0.3) is 0 Å². The van der Waals surface area contributed by atoms with Crippen molar-refractivity contribution in [2.24, 2.45) is 0 Å². The molecule has 0 bridgehead atoms. The Kier molecular flexibility index (Phi) is 14.2. The van der Waals surface area contributed by atoms with E-state index in [2.05, 4.69) is 19.7 Å². The predicted molar refractivity (Wildman–Crippen MR) is 169 cm³/mol. The Labute approximate surface area is 255 Å². The Bertz CT molecular complexity index is 1230. The number of hydrogen-bond donors (Lipinski definition) is 1. The van der Waals surface area contributed by atoms with E-state index in [-0.39, 0.29) is 0 Å². The van der Waals surface area contributed by atoms with Gasteiger partial charge in [-0.05, 0) is 89.3 Å². The van der Waals surface area contributed by atoms with Gasteiger partial charge in [0.05, 0.1) is 6.26 Å². The lowest BCUT2D eigenvalue weighted by Gasteiger charge is -2.30. The molecule has 0 saturated heterocycles. The number of ether oxygens (including phenoxy) is 4. The number of rotatable bonds is 13. The van der Waals surface area contributed by atoms with Gasteiger partial charge in [0, 0.05) is 18.6 Å². The van der Waals surface area contributed by atoms with Gasteiger partial charge >= 0.3 is 18.1 Å². The van der Waals surface area contributed by atoms with Crippen LogP contribution in [0, 0.1) is 0 Å². The summed E-state index contributed by atoms with van der Waals surface area (Å²) >= 11 is 0. The Hall–Kier alpha value is -4.59. The van der Waals surface area contributed by atoms with Crippen LogP contribution in [-0.4, -0.2) is 40.0 Å². The average Bonchev–Trinajstić information content (AvgIpc) is 2.93. The molecule has 1 N–H and O–H groups in total. The largest absolute Gasteiger partial charge is 0.516 e. The molecule has 0 aliphatic rings. The van der Waals surface area contributed by atoms with Crippen LogP contribution >= 0.6 is 0 Å². The summed E-state index contributed by atoms with van der Waals surface area (Å²) in [6, 6.07) is 14.6. The first-order chi connectivity index (χ1) is 20.0. The van der Waals surface area contributed by atoms with Crippen LogP contribution in [-0.2, 0) is 30.2 Å². The van der Waals surface area contributed by atoms with Crippen LogP contribution in [0.5, 0.6) is 5.75 Å². The minimum absolute atomic E-state index is 0.423. The van der Waals surface area contributed by atoms with E-state index in [1.165, 1.54) is 0 Å². The van der Waals surface area contributed by atoms with Gasteiger partial charge < -0.3 is 24.1 Å². The zero-order valence-corrected chi connectivity index (χ0v) is 26.1. The maximum absolute atomic E-state index is 12.0. The highest BCUT2D eigenvalue weighted by molar-refractivity contribution is 5.82. The molecule has 0 aliphatic carbocycles. The number of hydrogen-bond acceptors (Lipinski definition) is 8. The maximum Gasteiger partial charge on any atom is 0.514 e. The van der Waals surface area contributed by atoms with Gasteiger partial charge in [0.1, 0.15) is 22.6 Å². The Morgan fingerprint density at radius 2 is 1.16 bits per heavy atom. The lowest BCUT2D eigenvalue weighted by molar-refractivity contribution is -0.157. The second kappa shape index (κ2) is 16.8. The van der Waals surface area contributed by atoms with Crippen LogP contribution in [0.2, 0.25) is 0 Å². The van der Waals surface area contributed by atoms with Crippen LogP contribution in [0.15, 0.2) is 86.7 Å². The second-order valence-corrected chi connectivity index (χ2v) is 11.5. The molecule has 43 heavy (non-hydrogen) atoms. The molecule has 0 amide bonds. The van der Waals surface area contributed by atoms with Gasteiger partial charge in [-0.2, -0.15) is 0 Å². The van der Waals surface area contributed by atoms with Crippen LogP contribution < -0.4 is 4.74 Å². The monoisotopic (exact) mass is 592 g/mol. The summed E-state index contributed by atoms with van der Waals surface area (Å²) < 4.78 is 21.0. The van der Waals surface area contributed by atoms with Gasteiger partial charge in [0.2, 0.25) is 0 Å². The van der Waals surface area contributed by atoms with Crippen molar-refractivity contribution in [2.45, 2.75) is 77.6 Å². The molecule has 8 nitrogen and oxygen atoms in total. The van der Waals surface area contributed by atoms with Crippen molar-refractivity contribution in [1.29, 1.82) is 0 Å². The van der Waals surface area contributed by atoms with Crippen molar-refractivity contribution in [3.8, 4) is 5.75 Å². The standard InChI is InChI=1S/C21H22O4.C14H22O4/c1-4-16-9-11-19(12-10-16)24-20(23)25-21(2,3)15-18-7-5-17(6-8-18)13-14-22;1-7-11(15)17-13(3,4)9-10-14(5,6)18-12(16)8-2/h4-14,22H,1,15H2,2-3H3;7-8H,1-2,9-10H2,3-6H3. The van der Waals surface area contributed by atoms with Gasteiger partial charge in [0.15, 0.2) is 0 Å². The summed E-state index contributed by atoms with van der Waals surface area (Å²) in [6.07, 6.45) is 7.52. The van der Waals surface area contributed by atoms with Crippen molar-refractivity contribution in [3.63, 3.8) is 0 Å². The van der Waals surface area contributed by atoms with Crippen molar-refractivity contribution in [3.05, 3.63) is 103 Å². The smallest absolute Gasteiger partial charge is 0.514 e. The third-order valence-electron chi connectivity index (χ3n) is 5.97. The summed E-state index contributed by atoms with van der Waals surface area (Å²) in [6.45, 7) is 21.3. The predicted octanol–water partition coefficient (Wildman–Crippen LogP) is 8.18. The van der Waals surface area contributed by atoms with Gasteiger partial charge in [-0.1, -0.05) is 62.2 Å². The van der Waals surface area contributed by atoms with Crippen molar-refractivity contribution < 1.29 is 38.4 Å². The molecule has 2 aromatic rings. The molecule has 0 saturated carbocycles. The molecule has 0 atom stereocenters. The molecule has 0 unspecified atom stereocenters. The molecule has 0 aliphatic heterocycles. The minimum Gasteiger partial charge on any atom is -0.516 e. The number of benzene rings is 2. The van der Waals surface area contributed by atoms with Gasteiger partial charge in [-0.3, -0.25) is 0 Å². The van der Waals surface area contributed by atoms with Crippen molar-refractivity contribution >= 4 is 30.2 Å². The number of carbonyl (C=O) groups is 3. The van der Waals surface area contributed by atoms with E-state index in [9.17, 15) is 14.4 Å².